The molecule has 6 nitrogen and oxygen atoms in total. The quantitative estimate of drug-likeness (QED) is 0.440. The molecule has 0 saturated carbocycles. The standard InChI is InChI=1S/C23H20O6/c1-4-26-16-7-8-17-19(12-16)28-13(3)21(22(17)24)14-6-9-18-15(10-14)11-20(29-18)23(25)27-5-2/h6-12H,4-5H2,1-3H3. The lowest BCUT2D eigenvalue weighted by Gasteiger charge is -2.09. The van der Waals surface area contributed by atoms with Crippen molar-refractivity contribution in [2.75, 3.05) is 13.2 Å². The van der Waals surface area contributed by atoms with Crippen molar-refractivity contribution in [3.8, 4) is 16.9 Å². The summed E-state index contributed by atoms with van der Waals surface area (Å²) in [6.07, 6.45) is 0. The van der Waals surface area contributed by atoms with Gasteiger partial charge in [-0.05, 0) is 56.7 Å². The first-order chi connectivity index (χ1) is 14.0. The molecule has 0 radical (unpaired) electrons. The van der Waals surface area contributed by atoms with Gasteiger partial charge in [-0.15, -0.1) is 0 Å². The molecule has 0 amide bonds. The van der Waals surface area contributed by atoms with Crippen LogP contribution in [0.2, 0.25) is 0 Å². The minimum Gasteiger partial charge on any atom is -0.494 e. The summed E-state index contributed by atoms with van der Waals surface area (Å²) in [7, 11) is 0. The van der Waals surface area contributed by atoms with Gasteiger partial charge in [0.25, 0.3) is 0 Å². The minimum atomic E-state index is -0.517. The molecule has 4 aromatic rings. The Labute approximate surface area is 166 Å². The summed E-state index contributed by atoms with van der Waals surface area (Å²) < 4.78 is 21.9. The van der Waals surface area contributed by atoms with Crippen molar-refractivity contribution in [1.29, 1.82) is 0 Å². The minimum absolute atomic E-state index is 0.125. The van der Waals surface area contributed by atoms with Crippen LogP contribution in [-0.2, 0) is 4.74 Å². The van der Waals surface area contributed by atoms with Crippen molar-refractivity contribution < 1.29 is 23.1 Å². The summed E-state index contributed by atoms with van der Waals surface area (Å²) in [5, 5.41) is 1.18. The van der Waals surface area contributed by atoms with Gasteiger partial charge in [0.2, 0.25) is 11.2 Å². The lowest BCUT2D eigenvalue weighted by molar-refractivity contribution is 0.0492. The van der Waals surface area contributed by atoms with Gasteiger partial charge in [0.05, 0.1) is 24.2 Å². The Morgan fingerprint density at radius 1 is 0.966 bits per heavy atom. The number of benzene rings is 2. The van der Waals surface area contributed by atoms with E-state index in [1.54, 1.807) is 56.3 Å². The third kappa shape index (κ3) is 3.38. The van der Waals surface area contributed by atoms with E-state index in [1.807, 2.05) is 6.92 Å². The summed E-state index contributed by atoms with van der Waals surface area (Å²) in [6.45, 7) is 6.19. The first-order valence-electron chi connectivity index (χ1n) is 9.43. The monoisotopic (exact) mass is 392 g/mol. The fraction of sp³-hybridized carbons (Fsp3) is 0.217. The molecule has 0 aliphatic rings. The summed E-state index contributed by atoms with van der Waals surface area (Å²) in [4.78, 5) is 25.1. The molecule has 2 heterocycles. The van der Waals surface area contributed by atoms with E-state index in [1.165, 1.54) is 0 Å². The molecule has 0 N–H and O–H groups in total. The van der Waals surface area contributed by atoms with Crippen LogP contribution in [0.3, 0.4) is 0 Å². The maximum atomic E-state index is 13.2. The summed E-state index contributed by atoms with van der Waals surface area (Å²) >= 11 is 0. The molecule has 0 fully saturated rings. The van der Waals surface area contributed by atoms with Crippen LogP contribution < -0.4 is 10.2 Å². The number of esters is 1. The fourth-order valence-corrected chi connectivity index (χ4v) is 3.38. The number of hydrogen-bond donors (Lipinski definition) is 0. The molecule has 2 aromatic heterocycles. The van der Waals surface area contributed by atoms with Crippen molar-refractivity contribution in [2.45, 2.75) is 20.8 Å². The van der Waals surface area contributed by atoms with E-state index in [2.05, 4.69) is 0 Å². The second kappa shape index (κ2) is 7.47. The van der Waals surface area contributed by atoms with Crippen LogP contribution in [0.1, 0.15) is 30.2 Å². The molecule has 0 atom stereocenters. The van der Waals surface area contributed by atoms with Crippen molar-refractivity contribution in [3.05, 3.63) is 64.2 Å². The largest absolute Gasteiger partial charge is 0.494 e. The van der Waals surface area contributed by atoms with E-state index in [4.69, 9.17) is 18.3 Å². The van der Waals surface area contributed by atoms with Crippen molar-refractivity contribution in [1.82, 2.24) is 0 Å². The number of furan rings is 1. The van der Waals surface area contributed by atoms with Gasteiger partial charge in [0.1, 0.15) is 22.7 Å². The third-order valence-corrected chi connectivity index (χ3v) is 4.63. The lowest BCUT2D eigenvalue weighted by Crippen LogP contribution is -2.07. The van der Waals surface area contributed by atoms with Crippen LogP contribution in [0, 0.1) is 6.92 Å². The second-order valence-electron chi connectivity index (χ2n) is 6.54. The SMILES string of the molecule is CCOC(=O)c1cc2cc(-c3c(C)oc4cc(OCC)ccc4c3=O)ccc2o1. The van der Waals surface area contributed by atoms with Crippen molar-refractivity contribution in [3.63, 3.8) is 0 Å². The normalized spacial score (nSPS) is 11.1. The maximum absolute atomic E-state index is 13.2. The lowest BCUT2D eigenvalue weighted by atomic mass is 10.0. The van der Waals surface area contributed by atoms with Crippen LogP contribution in [0.25, 0.3) is 33.1 Å². The van der Waals surface area contributed by atoms with E-state index in [0.717, 1.165) is 0 Å². The van der Waals surface area contributed by atoms with Gasteiger partial charge < -0.3 is 18.3 Å². The number of carbonyl (C=O) groups is 1. The highest BCUT2D eigenvalue weighted by molar-refractivity contribution is 5.94. The smallest absolute Gasteiger partial charge is 0.374 e. The molecule has 0 bridgehead atoms. The molecule has 0 unspecified atom stereocenters. The first-order valence-corrected chi connectivity index (χ1v) is 9.43. The number of aryl methyl sites for hydroxylation is 1. The van der Waals surface area contributed by atoms with Gasteiger partial charge >= 0.3 is 5.97 Å². The zero-order chi connectivity index (χ0) is 20.5. The highest BCUT2D eigenvalue weighted by Crippen LogP contribution is 2.30. The Hall–Kier alpha value is -3.54. The molecule has 0 spiro atoms. The highest BCUT2D eigenvalue weighted by Gasteiger charge is 2.17. The Morgan fingerprint density at radius 3 is 2.55 bits per heavy atom. The summed E-state index contributed by atoms with van der Waals surface area (Å²) in [5.41, 5.74) is 2.07. The molecule has 148 valence electrons. The van der Waals surface area contributed by atoms with E-state index in [-0.39, 0.29) is 17.8 Å². The Bertz CT molecular complexity index is 1280. The van der Waals surface area contributed by atoms with Crippen molar-refractivity contribution >= 4 is 27.9 Å². The molecule has 6 heteroatoms. The predicted molar refractivity (Wildman–Crippen MR) is 110 cm³/mol. The van der Waals surface area contributed by atoms with Crippen LogP contribution in [-0.4, -0.2) is 19.2 Å². The van der Waals surface area contributed by atoms with Crippen molar-refractivity contribution in [2.24, 2.45) is 0 Å². The number of ether oxygens (including phenoxy) is 2. The molecule has 0 saturated heterocycles. The average molecular weight is 392 g/mol. The summed E-state index contributed by atoms with van der Waals surface area (Å²) in [6, 6.07) is 12.1. The Morgan fingerprint density at radius 2 is 1.79 bits per heavy atom. The van der Waals surface area contributed by atoms with Crippen LogP contribution in [0.4, 0.5) is 0 Å². The molecule has 4 rings (SSSR count). The van der Waals surface area contributed by atoms with Crippen LogP contribution >= 0.6 is 0 Å². The highest BCUT2D eigenvalue weighted by atomic mass is 16.5. The van der Waals surface area contributed by atoms with Crippen LogP contribution in [0.5, 0.6) is 5.75 Å². The number of carbonyl (C=O) groups excluding carboxylic acids is 1. The fourth-order valence-electron chi connectivity index (χ4n) is 3.38. The maximum Gasteiger partial charge on any atom is 0.374 e. The number of hydrogen-bond acceptors (Lipinski definition) is 6. The zero-order valence-corrected chi connectivity index (χ0v) is 16.4. The molecular formula is C23H20O6. The van der Waals surface area contributed by atoms with Crippen LogP contribution in [0.15, 0.2) is 56.1 Å². The molecule has 0 aliphatic heterocycles. The van der Waals surface area contributed by atoms with E-state index in [0.29, 0.717) is 51.2 Å². The van der Waals surface area contributed by atoms with Gasteiger partial charge in [0.15, 0.2) is 0 Å². The molecule has 29 heavy (non-hydrogen) atoms. The van der Waals surface area contributed by atoms with E-state index in [9.17, 15) is 9.59 Å². The topological polar surface area (TPSA) is 78.9 Å². The predicted octanol–water partition coefficient (Wildman–Crippen LogP) is 5.09. The van der Waals surface area contributed by atoms with Gasteiger partial charge in [-0.3, -0.25) is 4.79 Å². The molecular weight excluding hydrogens is 372 g/mol. The molecule has 2 aromatic carbocycles. The Balaban J connectivity index is 1.83. The van der Waals surface area contributed by atoms with Gasteiger partial charge in [-0.1, -0.05) is 6.07 Å². The third-order valence-electron chi connectivity index (χ3n) is 4.63. The summed E-state index contributed by atoms with van der Waals surface area (Å²) in [5.74, 6) is 0.771. The first kappa shape index (κ1) is 18.8. The number of rotatable bonds is 5. The zero-order valence-electron chi connectivity index (χ0n) is 16.4. The Kier molecular flexibility index (Phi) is 4.84. The van der Waals surface area contributed by atoms with E-state index < -0.39 is 5.97 Å². The molecule has 0 aliphatic carbocycles. The van der Waals surface area contributed by atoms with Gasteiger partial charge in [0, 0.05) is 11.5 Å². The second-order valence-corrected chi connectivity index (χ2v) is 6.54. The van der Waals surface area contributed by atoms with Gasteiger partial charge in [-0.2, -0.15) is 0 Å². The van der Waals surface area contributed by atoms with Gasteiger partial charge in [-0.25, -0.2) is 4.79 Å². The van der Waals surface area contributed by atoms with E-state index >= 15 is 0 Å². The average Bonchev–Trinajstić information content (AvgIpc) is 3.12. The number of fused-ring (bicyclic) bond motifs is 2.